The Morgan fingerprint density at radius 3 is 0.970 bits per heavy atom. The molecule has 0 saturated carbocycles. The summed E-state index contributed by atoms with van der Waals surface area (Å²) >= 11 is 0. The van der Waals surface area contributed by atoms with Gasteiger partial charge in [0.05, 0.1) is 0 Å². The van der Waals surface area contributed by atoms with Gasteiger partial charge in [0.2, 0.25) is 0 Å². The lowest BCUT2D eigenvalue weighted by atomic mass is 10.0. The minimum absolute atomic E-state index is 0.0885. The molecule has 1 unspecified atom stereocenters. The first-order valence-electron chi connectivity index (χ1n) is 27.9. The topological polar surface area (TPSA) is 78.9 Å². The van der Waals surface area contributed by atoms with Gasteiger partial charge in [0.25, 0.3) is 0 Å². The van der Waals surface area contributed by atoms with Gasteiger partial charge < -0.3 is 14.2 Å². The van der Waals surface area contributed by atoms with Crippen molar-refractivity contribution in [3.05, 3.63) is 72.9 Å². The van der Waals surface area contributed by atoms with Crippen molar-refractivity contribution in [3.8, 4) is 0 Å². The van der Waals surface area contributed by atoms with Gasteiger partial charge in [0.15, 0.2) is 6.10 Å². The number of ether oxygens (including phenoxy) is 3. The first-order chi connectivity index (χ1) is 32.5. The molecule has 0 aliphatic heterocycles. The first kappa shape index (κ1) is 62.8. The lowest BCUT2D eigenvalue weighted by Crippen LogP contribution is -2.30. The van der Waals surface area contributed by atoms with Crippen LogP contribution in [0.2, 0.25) is 0 Å². The highest BCUT2D eigenvalue weighted by Gasteiger charge is 2.19. The second-order valence-electron chi connectivity index (χ2n) is 18.5. The van der Waals surface area contributed by atoms with Gasteiger partial charge in [-0.15, -0.1) is 0 Å². The number of unbranched alkanes of at least 4 members (excludes halogenated alkanes) is 27. The monoisotopic (exact) mass is 921 g/mol. The largest absolute Gasteiger partial charge is 0.462 e. The minimum atomic E-state index is -0.790. The van der Waals surface area contributed by atoms with Crippen LogP contribution in [0.1, 0.15) is 271 Å². The molecule has 6 nitrogen and oxygen atoms in total. The Bertz CT molecular complexity index is 1240. The predicted molar refractivity (Wildman–Crippen MR) is 284 cm³/mol. The van der Waals surface area contributed by atoms with Crippen molar-refractivity contribution in [3.63, 3.8) is 0 Å². The summed E-state index contributed by atoms with van der Waals surface area (Å²) in [5.74, 6) is -0.921. The van der Waals surface area contributed by atoms with E-state index in [1.165, 1.54) is 128 Å². The summed E-state index contributed by atoms with van der Waals surface area (Å²) in [6.45, 7) is 6.49. The van der Waals surface area contributed by atoms with Crippen LogP contribution in [0.5, 0.6) is 0 Å². The van der Waals surface area contributed by atoms with Crippen molar-refractivity contribution in [2.24, 2.45) is 0 Å². The highest BCUT2D eigenvalue weighted by atomic mass is 16.6. The molecule has 0 N–H and O–H groups in total. The normalized spacial score (nSPS) is 12.6. The second kappa shape index (κ2) is 54.5. The van der Waals surface area contributed by atoms with E-state index in [1.807, 2.05) is 0 Å². The van der Waals surface area contributed by atoms with Crippen molar-refractivity contribution in [2.75, 3.05) is 13.2 Å². The number of allylic oxidation sites excluding steroid dienone is 12. The number of rotatable bonds is 50. The molecule has 0 heterocycles. The highest BCUT2D eigenvalue weighted by Crippen LogP contribution is 2.16. The van der Waals surface area contributed by atoms with Crippen molar-refractivity contribution in [1.82, 2.24) is 0 Å². The maximum Gasteiger partial charge on any atom is 0.306 e. The van der Waals surface area contributed by atoms with E-state index in [4.69, 9.17) is 14.2 Å². The molecule has 380 valence electrons. The molecule has 0 aromatic heterocycles. The fourth-order valence-corrected chi connectivity index (χ4v) is 7.76. The van der Waals surface area contributed by atoms with Gasteiger partial charge in [-0.2, -0.15) is 0 Å². The molecule has 0 spiro atoms. The molecule has 0 aliphatic carbocycles. The lowest BCUT2D eigenvalue weighted by molar-refractivity contribution is -0.167. The molecular weight excluding hydrogens is 817 g/mol. The second-order valence-corrected chi connectivity index (χ2v) is 18.5. The van der Waals surface area contributed by atoms with E-state index < -0.39 is 6.10 Å². The number of hydrogen-bond donors (Lipinski definition) is 0. The van der Waals surface area contributed by atoms with E-state index >= 15 is 0 Å². The summed E-state index contributed by atoms with van der Waals surface area (Å²) in [5.41, 5.74) is 0. The predicted octanol–water partition coefficient (Wildman–Crippen LogP) is 18.6. The summed E-state index contributed by atoms with van der Waals surface area (Å²) in [4.78, 5) is 38.1. The quantitative estimate of drug-likeness (QED) is 0.0262. The van der Waals surface area contributed by atoms with Gasteiger partial charge in [-0.05, 0) is 89.9 Å². The average Bonchev–Trinajstić information content (AvgIpc) is 3.31. The first-order valence-corrected chi connectivity index (χ1v) is 27.9. The Balaban J connectivity index is 4.43. The third kappa shape index (κ3) is 51.8. The van der Waals surface area contributed by atoms with Crippen LogP contribution in [0.3, 0.4) is 0 Å². The van der Waals surface area contributed by atoms with Gasteiger partial charge in [0.1, 0.15) is 13.2 Å². The van der Waals surface area contributed by atoms with E-state index in [1.54, 1.807) is 0 Å². The van der Waals surface area contributed by atoms with Crippen molar-refractivity contribution < 1.29 is 28.6 Å². The van der Waals surface area contributed by atoms with Crippen LogP contribution in [-0.4, -0.2) is 37.2 Å². The SMILES string of the molecule is CC/C=C\C/C=C\C/C=C\C/C=C\C/C=C\CCCCCC(=O)OCC(COC(=O)CCCCCCC/C=C\CCCCCC)OC(=O)CCCCCCCCCCCCCCCCCC. The summed E-state index contributed by atoms with van der Waals surface area (Å²) in [7, 11) is 0. The Hall–Kier alpha value is -3.15. The van der Waals surface area contributed by atoms with Crippen LogP contribution < -0.4 is 0 Å². The van der Waals surface area contributed by atoms with Gasteiger partial charge in [-0.25, -0.2) is 0 Å². The molecule has 0 aliphatic rings. The Labute approximate surface area is 408 Å². The molecular formula is C60H104O6. The zero-order valence-electron chi connectivity index (χ0n) is 43.4. The maximum atomic E-state index is 12.8. The summed E-state index contributed by atoms with van der Waals surface area (Å²) < 4.78 is 16.8. The van der Waals surface area contributed by atoms with E-state index in [0.717, 1.165) is 103 Å². The standard InChI is InChI=1S/C60H104O6/c1-4-7-10-13-16-19-22-25-27-29-30-31-33-35-38-41-44-47-50-53-59(62)65-56-57(55-64-58(61)52-49-46-43-40-37-34-24-21-18-15-12-9-6-3)66-60(63)54-51-48-45-42-39-36-32-28-26-23-20-17-14-11-8-5-2/h7,10,16,19,21,24-25,27,30-31,35,38,57H,4-6,8-9,11-15,17-18,20,22-23,26,28-29,32-34,36-37,39-56H2,1-3H3/b10-7-,19-16-,24-21-,27-25-,31-30-,38-35-. The summed E-state index contributed by atoms with van der Waals surface area (Å²) in [6, 6.07) is 0. The smallest absolute Gasteiger partial charge is 0.306 e. The molecule has 1 atom stereocenters. The summed E-state index contributed by atoms with van der Waals surface area (Å²) in [6.07, 6.45) is 68.9. The van der Waals surface area contributed by atoms with Crippen molar-refractivity contribution >= 4 is 17.9 Å². The van der Waals surface area contributed by atoms with Gasteiger partial charge >= 0.3 is 17.9 Å². The Kier molecular flexibility index (Phi) is 51.9. The molecule has 0 rings (SSSR count). The molecule has 6 heteroatoms. The maximum absolute atomic E-state index is 12.8. The van der Waals surface area contributed by atoms with Crippen molar-refractivity contribution in [1.29, 1.82) is 0 Å². The van der Waals surface area contributed by atoms with Gasteiger partial charge in [-0.3, -0.25) is 14.4 Å². The van der Waals surface area contributed by atoms with E-state index in [9.17, 15) is 14.4 Å². The zero-order chi connectivity index (χ0) is 47.9. The molecule has 0 radical (unpaired) electrons. The molecule has 0 fully saturated rings. The third-order valence-corrected chi connectivity index (χ3v) is 11.9. The van der Waals surface area contributed by atoms with Crippen LogP contribution in [0.15, 0.2) is 72.9 Å². The van der Waals surface area contributed by atoms with E-state index in [2.05, 4.69) is 93.7 Å². The number of esters is 3. The zero-order valence-corrected chi connectivity index (χ0v) is 43.4. The molecule has 66 heavy (non-hydrogen) atoms. The molecule has 0 aromatic rings. The number of carbonyl (C=O) groups excluding carboxylic acids is 3. The van der Waals surface area contributed by atoms with Gasteiger partial charge in [-0.1, -0.05) is 235 Å². The summed E-state index contributed by atoms with van der Waals surface area (Å²) in [5, 5.41) is 0. The van der Waals surface area contributed by atoms with Crippen LogP contribution in [-0.2, 0) is 28.6 Å². The van der Waals surface area contributed by atoms with Crippen LogP contribution >= 0.6 is 0 Å². The molecule has 0 aromatic carbocycles. The van der Waals surface area contributed by atoms with Crippen LogP contribution in [0, 0.1) is 0 Å². The van der Waals surface area contributed by atoms with Crippen LogP contribution in [0.4, 0.5) is 0 Å². The average molecular weight is 921 g/mol. The molecule has 0 bridgehead atoms. The fraction of sp³-hybridized carbons (Fsp3) is 0.750. The molecule has 0 saturated heterocycles. The fourth-order valence-electron chi connectivity index (χ4n) is 7.76. The molecule has 0 amide bonds. The third-order valence-electron chi connectivity index (χ3n) is 11.9. The highest BCUT2D eigenvalue weighted by molar-refractivity contribution is 5.71. The van der Waals surface area contributed by atoms with Crippen molar-refractivity contribution in [2.45, 2.75) is 277 Å². The number of carbonyl (C=O) groups is 3. The lowest BCUT2D eigenvalue weighted by Gasteiger charge is -2.18. The Morgan fingerprint density at radius 1 is 0.318 bits per heavy atom. The van der Waals surface area contributed by atoms with E-state index in [-0.39, 0.29) is 31.1 Å². The minimum Gasteiger partial charge on any atom is -0.462 e. The Morgan fingerprint density at radius 2 is 0.591 bits per heavy atom. The number of hydrogen-bond acceptors (Lipinski definition) is 6. The van der Waals surface area contributed by atoms with Gasteiger partial charge in [0, 0.05) is 19.3 Å². The van der Waals surface area contributed by atoms with E-state index in [0.29, 0.717) is 19.3 Å². The van der Waals surface area contributed by atoms with Crippen LogP contribution in [0.25, 0.3) is 0 Å².